The predicted molar refractivity (Wildman–Crippen MR) is 302 cm³/mol. The summed E-state index contributed by atoms with van der Waals surface area (Å²) >= 11 is 0. The lowest BCUT2D eigenvalue weighted by molar-refractivity contribution is -0.870. The van der Waals surface area contributed by atoms with Crippen LogP contribution in [0.25, 0.3) is 0 Å². The van der Waals surface area contributed by atoms with E-state index in [0.717, 1.165) is 89.9 Å². The minimum absolute atomic E-state index is 0.0246. The minimum atomic E-state index is -4.70. The maximum atomic E-state index is 13.5. The van der Waals surface area contributed by atoms with Crippen molar-refractivity contribution < 1.29 is 37.3 Å². The van der Waals surface area contributed by atoms with E-state index in [1.165, 1.54) is 154 Å². The van der Waals surface area contributed by atoms with Crippen molar-refractivity contribution in [3.63, 3.8) is 0 Å². The van der Waals surface area contributed by atoms with Gasteiger partial charge in [-0.15, -0.1) is 0 Å². The van der Waals surface area contributed by atoms with Gasteiger partial charge in [-0.3, -0.25) is 14.2 Å². The zero-order valence-electron chi connectivity index (χ0n) is 47.4. The summed E-state index contributed by atoms with van der Waals surface area (Å²) in [5.41, 5.74) is 0. The van der Waals surface area contributed by atoms with Crippen molar-refractivity contribution in [1.29, 1.82) is 0 Å². The molecular weight excluding hydrogens is 904 g/mol. The number of allylic oxidation sites excluding steroid dienone is 7. The summed E-state index contributed by atoms with van der Waals surface area (Å²) in [7, 11) is 1.18. The van der Waals surface area contributed by atoms with E-state index in [-0.39, 0.29) is 24.9 Å². The Morgan fingerprint density at radius 2 is 0.859 bits per heavy atom. The van der Waals surface area contributed by atoms with Crippen LogP contribution in [0.5, 0.6) is 0 Å². The molecule has 0 aromatic rings. The van der Waals surface area contributed by atoms with Crippen LogP contribution in [-0.2, 0) is 27.9 Å². The molecule has 3 atom stereocenters. The zero-order valence-corrected chi connectivity index (χ0v) is 48.3. The average molecular weight is 1020 g/mol. The second kappa shape index (κ2) is 51.5. The van der Waals surface area contributed by atoms with Crippen LogP contribution in [0, 0.1) is 0 Å². The Bertz CT molecular complexity index is 1360. The number of amides is 1. The van der Waals surface area contributed by atoms with Gasteiger partial charge in [0, 0.05) is 12.8 Å². The predicted octanol–water partition coefficient (Wildman–Crippen LogP) is 17.5. The fourth-order valence-electron chi connectivity index (χ4n) is 8.55. The second-order valence-electron chi connectivity index (χ2n) is 21.5. The molecule has 416 valence electrons. The largest absolute Gasteiger partial charge is 0.756 e. The van der Waals surface area contributed by atoms with Crippen LogP contribution >= 0.6 is 7.82 Å². The number of quaternary nitrogens is 1. The molecule has 0 bridgehead atoms. The second-order valence-corrected chi connectivity index (χ2v) is 22.9. The molecule has 0 aromatic carbocycles. The molecule has 0 aromatic heterocycles. The van der Waals surface area contributed by atoms with Crippen LogP contribution in [-0.4, -0.2) is 69.4 Å². The van der Waals surface area contributed by atoms with Crippen molar-refractivity contribution in [2.75, 3.05) is 40.9 Å². The fraction of sp³-hybridized carbons (Fsp3) is 0.836. The maximum absolute atomic E-state index is 13.5. The average Bonchev–Trinajstić information content (AvgIpc) is 3.33. The minimum Gasteiger partial charge on any atom is -0.756 e. The van der Waals surface area contributed by atoms with Crippen molar-refractivity contribution in [3.05, 3.63) is 48.6 Å². The number of carbonyl (C=O) groups excluding carboxylic acids is 2. The Balaban J connectivity index is 5.28. The van der Waals surface area contributed by atoms with Crippen molar-refractivity contribution >= 4 is 19.7 Å². The highest BCUT2D eigenvalue weighted by atomic mass is 31.2. The summed E-state index contributed by atoms with van der Waals surface area (Å²) in [6, 6.07) is -0.892. The number of nitrogens with one attached hydrogen (secondary N) is 1. The topological polar surface area (TPSA) is 114 Å². The fourth-order valence-corrected chi connectivity index (χ4v) is 9.27. The molecule has 9 nitrogen and oxygen atoms in total. The van der Waals surface area contributed by atoms with Gasteiger partial charge in [-0.05, 0) is 89.5 Å². The zero-order chi connectivity index (χ0) is 52.2. The molecule has 0 aliphatic carbocycles. The van der Waals surface area contributed by atoms with E-state index in [4.69, 9.17) is 13.8 Å². The standard InChI is InChI=1S/C61H115N2O7P/c1-7-10-13-16-19-22-25-27-29-31-33-35-38-41-44-47-50-53-60(64)62-58(57-69-71(66,67)68-56-55-63(4,5)6)59(52-49-46-43-40-37-24-21-18-15-12-9-3)70-61(65)54-51-48-45-42-39-36-34-32-30-28-26-23-20-17-14-11-8-2/h19,22,27-30,49,52,58-59H,7-18,20-21,23-26,31-48,50-51,53-57H2,1-6H3,(H-,62,64,66,67)/b22-19-,29-27-,30-28+,52-49+. The molecular formula is C61H115N2O7P. The molecule has 0 rings (SSSR count). The first-order valence-corrected chi connectivity index (χ1v) is 31.4. The van der Waals surface area contributed by atoms with Gasteiger partial charge >= 0.3 is 5.97 Å². The lowest BCUT2D eigenvalue weighted by Gasteiger charge is -2.30. The summed E-state index contributed by atoms with van der Waals surface area (Å²) in [5.74, 6) is -0.550. The smallest absolute Gasteiger partial charge is 0.306 e. The SMILES string of the molecule is CCCCC/C=C\C/C=C\CCCCCCCCCC(=O)NC(COP(=O)([O-])OCC[N+](C)(C)C)C(/C=C/CCCCCCCCCCC)OC(=O)CCCCCCCCC/C=C/CCCCCCCC. The molecule has 0 heterocycles. The van der Waals surface area contributed by atoms with Gasteiger partial charge in [-0.1, -0.05) is 224 Å². The van der Waals surface area contributed by atoms with Crippen LogP contribution < -0.4 is 10.2 Å². The van der Waals surface area contributed by atoms with Gasteiger partial charge in [-0.2, -0.15) is 0 Å². The van der Waals surface area contributed by atoms with Gasteiger partial charge in [0.2, 0.25) is 5.91 Å². The summed E-state index contributed by atoms with van der Waals surface area (Å²) in [6.45, 7) is 6.81. The van der Waals surface area contributed by atoms with Gasteiger partial charge in [0.1, 0.15) is 19.3 Å². The first-order chi connectivity index (χ1) is 34.4. The number of hydrogen-bond donors (Lipinski definition) is 1. The van der Waals surface area contributed by atoms with Crippen LogP contribution in [0.1, 0.15) is 278 Å². The maximum Gasteiger partial charge on any atom is 0.306 e. The van der Waals surface area contributed by atoms with Crippen molar-refractivity contribution in [3.8, 4) is 0 Å². The van der Waals surface area contributed by atoms with Gasteiger partial charge in [0.15, 0.2) is 0 Å². The number of hydrogen-bond acceptors (Lipinski definition) is 7. The van der Waals surface area contributed by atoms with E-state index in [1.54, 1.807) is 0 Å². The summed E-state index contributed by atoms with van der Waals surface area (Å²) < 4.78 is 30.3. The van der Waals surface area contributed by atoms with Crippen LogP contribution in [0.15, 0.2) is 48.6 Å². The van der Waals surface area contributed by atoms with E-state index >= 15 is 0 Å². The molecule has 0 aliphatic heterocycles. The van der Waals surface area contributed by atoms with Gasteiger partial charge in [-0.25, -0.2) is 0 Å². The van der Waals surface area contributed by atoms with Gasteiger partial charge in [0.25, 0.3) is 7.82 Å². The van der Waals surface area contributed by atoms with Crippen LogP contribution in [0.4, 0.5) is 0 Å². The molecule has 0 saturated carbocycles. The third-order valence-corrected chi connectivity index (χ3v) is 14.2. The molecule has 0 fully saturated rings. The Hall–Kier alpha value is -2.03. The first-order valence-electron chi connectivity index (χ1n) is 29.9. The highest BCUT2D eigenvalue weighted by Gasteiger charge is 2.27. The van der Waals surface area contributed by atoms with E-state index in [1.807, 2.05) is 33.3 Å². The molecule has 71 heavy (non-hydrogen) atoms. The molecule has 1 N–H and O–H groups in total. The van der Waals surface area contributed by atoms with Crippen LogP contribution in [0.3, 0.4) is 0 Å². The number of esters is 1. The van der Waals surface area contributed by atoms with E-state index in [0.29, 0.717) is 17.4 Å². The monoisotopic (exact) mass is 1020 g/mol. The van der Waals surface area contributed by atoms with Gasteiger partial charge < -0.3 is 28.5 Å². The molecule has 0 radical (unpaired) electrons. The van der Waals surface area contributed by atoms with E-state index in [9.17, 15) is 19.0 Å². The number of nitrogens with zero attached hydrogens (tertiary/aromatic N) is 1. The Kier molecular flexibility index (Phi) is 50.0. The first kappa shape index (κ1) is 69.0. The number of likely N-dealkylation sites (N-methyl/N-ethyl adjacent to an activating group) is 1. The van der Waals surface area contributed by atoms with E-state index in [2.05, 4.69) is 62.5 Å². The van der Waals surface area contributed by atoms with E-state index < -0.39 is 26.6 Å². The third-order valence-electron chi connectivity index (χ3n) is 13.2. The Morgan fingerprint density at radius 1 is 0.493 bits per heavy atom. The summed E-state index contributed by atoms with van der Waals surface area (Å²) in [4.78, 5) is 39.9. The highest BCUT2D eigenvalue weighted by molar-refractivity contribution is 7.45. The number of phosphoric ester groups is 1. The van der Waals surface area contributed by atoms with Crippen molar-refractivity contribution in [2.24, 2.45) is 0 Å². The normalized spacial score (nSPS) is 14.1. The molecule has 0 saturated heterocycles. The number of phosphoric acid groups is 1. The van der Waals surface area contributed by atoms with Gasteiger partial charge in [0.05, 0.1) is 33.8 Å². The number of ether oxygens (including phenoxy) is 1. The molecule has 0 aliphatic rings. The summed E-state index contributed by atoms with van der Waals surface area (Å²) in [6.07, 6.45) is 62.1. The molecule has 1 amide bonds. The lowest BCUT2D eigenvalue weighted by atomic mass is 10.1. The molecule has 10 heteroatoms. The third kappa shape index (κ3) is 52.6. The number of rotatable bonds is 54. The highest BCUT2D eigenvalue weighted by Crippen LogP contribution is 2.38. The lowest BCUT2D eigenvalue weighted by Crippen LogP contribution is -2.47. The number of unbranched alkanes of at least 4 members (excludes halogenated alkanes) is 32. The number of carbonyl (C=O) groups is 2. The Labute approximate surface area is 439 Å². The van der Waals surface area contributed by atoms with Crippen molar-refractivity contribution in [2.45, 2.75) is 290 Å². The molecule has 0 spiro atoms. The summed E-state index contributed by atoms with van der Waals surface area (Å²) in [5, 5.41) is 3.02. The Morgan fingerprint density at radius 3 is 1.31 bits per heavy atom. The quantitative estimate of drug-likeness (QED) is 0.0212. The molecule has 3 unspecified atom stereocenters. The van der Waals surface area contributed by atoms with Crippen molar-refractivity contribution in [1.82, 2.24) is 5.32 Å². The van der Waals surface area contributed by atoms with Crippen LogP contribution in [0.2, 0.25) is 0 Å².